The predicted octanol–water partition coefficient (Wildman–Crippen LogP) is 6.27. The van der Waals surface area contributed by atoms with Crippen molar-refractivity contribution in [2.45, 2.75) is 73.8 Å². The van der Waals surface area contributed by atoms with E-state index in [0.29, 0.717) is 15.6 Å². The summed E-state index contributed by atoms with van der Waals surface area (Å²) < 4.78 is 198. The molecule has 1 unspecified atom stereocenters. The predicted molar refractivity (Wildman–Crippen MR) is 330 cm³/mol. The van der Waals surface area contributed by atoms with Gasteiger partial charge in [0, 0.05) is 25.2 Å². The second-order valence-electron chi connectivity index (χ2n) is 18.8. The molecule has 0 spiro atoms. The van der Waals surface area contributed by atoms with Crippen LogP contribution >= 0.6 is 35.1 Å². The zero-order valence-electron chi connectivity index (χ0n) is 51.4. The summed E-state index contributed by atoms with van der Waals surface area (Å²) in [6.07, 6.45) is -4.37. The van der Waals surface area contributed by atoms with Crippen molar-refractivity contribution in [1.29, 1.82) is 0 Å². The first-order valence-corrected chi connectivity index (χ1v) is 35.9. The third-order valence-corrected chi connectivity index (χ3v) is 16.6. The molecule has 7 N–H and O–H groups in total. The second-order valence-corrected chi connectivity index (χ2v) is 29.5. The summed E-state index contributed by atoms with van der Waals surface area (Å²) in [7, 11) is -11.6. The van der Waals surface area contributed by atoms with E-state index in [1.54, 1.807) is 23.3 Å². The first kappa shape index (κ1) is 83.5. The number of nitrogens with one attached hydrogen (secondary N) is 5. The topological polar surface area (TPSA) is 444 Å². The fraction of sp³-hybridized carbons (Fsp3) is 0.380. The van der Waals surface area contributed by atoms with E-state index in [4.69, 9.17) is 40.5 Å². The zero-order valence-corrected chi connectivity index (χ0v) is 57.9. The van der Waals surface area contributed by atoms with Crippen molar-refractivity contribution in [3.05, 3.63) is 98.8 Å². The molecule has 526 valence electrons. The van der Waals surface area contributed by atoms with Gasteiger partial charge in [-0.2, -0.15) is 64.8 Å². The maximum absolute atomic E-state index is 14.3. The standard InChI is InChI=1S/C15H12BrClF4N2O2.C15H16F3N5O4S.C14H17N5O7S2.C3H8NO5P.C3H9S/c1-6(2)25-14(24)7-4-8(10(18)5-9(7)17)12-11(16)13(15(19,20)21)23(3)22-12;1-9-19-12(22-14(20-9)27-2)21-13(24)23-28(25,26)11-6-4-3-5-10(11)7-8-15(16,17)18;1-4-27(21,22)9-6-5-7-15-12(9)28(23,24)19-14(20)18-13-16-10(25-2)8-11(17-13)26-3;5-3(6)1-4-2-10(7,8)9;1-4(2)3/h4-6H,1-3H3;3-6H,7-8H2,1-2H3,(H2,19,20,21,22,23,24);5-8H,4H2,1-3H3,(H2,16,17,18,19,20);4H,1-2H2,(H,5,6)(H2,7,8,9);1-3H3/q;;;;+1/p-1. The van der Waals surface area contributed by atoms with Gasteiger partial charge in [-0.3, -0.25) is 25.4 Å². The smallest absolute Gasteiger partial charge is 0.434 e. The number of halogens is 9. The maximum Gasteiger partial charge on any atom is 0.434 e. The molecule has 0 aliphatic heterocycles. The van der Waals surface area contributed by atoms with Crippen molar-refractivity contribution in [3.63, 3.8) is 0 Å². The van der Waals surface area contributed by atoms with Crippen LogP contribution in [0.15, 0.2) is 80.1 Å². The van der Waals surface area contributed by atoms with E-state index in [0.717, 1.165) is 37.5 Å². The van der Waals surface area contributed by atoms with Gasteiger partial charge in [0.1, 0.15) is 29.8 Å². The number of carbonyl (C=O) groups is 4. The van der Waals surface area contributed by atoms with Crippen LogP contribution in [-0.4, -0.2) is 170 Å². The summed E-state index contributed by atoms with van der Waals surface area (Å²) in [5.41, 5.74) is -1.93. The molecule has 0 fully saturated rings. The minimum Gasteiger partial charge on any atom is -0.778 e. The molecule has 0 saturated heterocycles. The fourth-order valence-corrected chi connectivity index (χ4v) is 11.7. The van der Waals surface area contributed by atoms with Gasteiger partial charge in [-0.1, -0.05) is 36.7 Å². The lowest BCUT2D eigenvalue weighted by Gasteiger charge is -2.14. The Kier molecular flexibility index (Phi) is 32.0. The number of esters is 1. The molecule has 31 nitrogen and oxygen atoms in total. The number of methoxy groups -OCH3 is 3. The number of urea groups is 2. The maximum atomic E-state index is 14.3. The average molecular weight is 1540 g/mol. The van der Waals surface area contributed by atoms with E-state index in [1.807, 2.05) is 5.32 Å². The van der Waals surface area contributed by atoms with Gasteiger partial charge in [0.15, 0.2) is 20.6 Å². The molecule has 6 rings (SSSR count). The Morgan fingerprint density at radius 3 is 1.84 bits per heavy atom. The summed E-state index contributed by atoms with van der Waals surface area (Å²) in [6, 6.07) is 8.14. The molecule has 4 heterocycles. The molecule has 0 radical (unpaired) electrons. The number of rotatable bonds is 20. The highest BCUT2D eigenvalue weighted by Crippen LogP contribution is 2.41. The van der Waals surface area contributed by atoms with Crippen LogP contribution in [0, 0.1) is 12.7 Å². The quantitative estimate of drug-likeness (QED) is 0.0191. The third kappa shape index (κ3) is 28.7. The number of alkyl halides is 6. The molecule has 0 aliphatic rings. The number of carboxylic acids is 1. The lowest BCUT2D eigenvalue weighted by Crippen LogP contribution is -2.36. The normalized spacial score (nSPS) is 12.1. The van der Waals surface area contributed by atoms with Crippen molar-refractivity contribution in [3.8, 4) is 29.0 Å². The number of pyridine rings is 1. The van der Waals surface area contributed by atoms with Crippen molar-refractivity contribution >= 4 is 112 Å². The molecule has 0 saturated carbocycles. The van der Waals surface area contributed by atoms with Gasteiger partial charge in [0.05, 0.1) is 90.8 Å². The molecular formula is C50H61BrClF7N13O18PS4. The minimum absolute atomic E-state index is 0.0612. The van der Waals surface area contributed by atoms with Crippen LogP contribution < -0.4 is 44.5 Å². The van der Waals surface area contributed by atoms with Crippen LogP contribution in [0.5, 0.6) is 17.8 Å². The van der Waals surface area contributed by atoms with Crippen molar-refractivity contribution in [1.82, 2.24) is 54.4 Å². The Labute approximate surface area is 554 Å². The van der Waals surface area contributed by atoms with Gasteiger partial charge in [-0.15, -0.1) is 0 Å². The fourth-order valence-electron chi connectivity index (χ4n) is 6.54. The number of anilines is 2. The van der Waals surface area contributed by atoms with E-state index in [-0.39, 0.29) is 68.7 Å². The first-order chi connectivity index (χ1) is 43.7. The molecule has 2 aromatic carbocycles. The molecule has 95 heavy (non-hydrogen) atoms. The van der Waals surface area contributed by atoms with Gasteiger partial charge in [-0.25, -0.2) is 50.0 Å². The van der Waals surface area contributed by atoms with E-state index in [9.17, 15) is 84.6 Å². The van der Waals surface area contributed by atoms with E-state index in [2.05, 4.69) is 80.3 Å². The number of aryl methyl sites for hydroxylation is 3. The van der Waals surface area contributed by atoms with Gasteiger partial charge in [0.2, 0.25) is 23.7 Å². The van der Waals surface area contributed by atoms with Crippen molar-refractivity contribution in [2.75, 3.05) is 69.3 Å². The van der Waals surface area contributed by atoms with Crippen LogP contribution in [0.25, 0.3) is 11.3 Å². The number of aromatic nitrogens is 8. The molecule has 4 aromatic heterocycles. The van der Waals surface area contributed by atoms with Crippen LogP contribution in [0.2, 0.25) is 5.02 Å². The molecule has 1 atom stereocenters. The van der Waals surface area contributed by atoms with E-state index < -0.39 is 136 Å². The van der Waals surface area contributed by atoms with E-state index in [1.165, 1.54) is 65.5 Å². The molecule has 4 amide bonds. The molecule has 0 aliphatic carbocycles. The number of sulfone groups is 1. The Hall–Kier alpha value is -7.64. The number of ether oxygens (including phenoxy) is 4. The lowest BCUT2D eigenvalue weighted by atomic mass is 10.1. The molecule has 0 bridgehead atoms. The summed E-state index contributed by atoms with van der Waals surface area (Å²) in [6.45, 7) is 5.60. The van der Waals surface area contributed by atoms with Crippen molar-refractivity contribution in [2.24, 2.45) is 7.05 Å². The molecular weight excluding hydrogens is 1480 g/mol. The Bertz CT molecular complexity index is 4040. The summed E-state index contributed by atoms with van der Waals surface area (Å²) >= 11 is 8.67. The first-order valence-electron chi connectivity index (χ1n) is 25.9. The van der Waals surface area contributed by atoms with Crippen LogP contribution in [0.3, 0.4) is 0 Å². The highest BCUT2D eigenvalue weighted by atomic mass is 79.9. The van der Waals surface area contributed by atoms with Crippen molar-refractivity contribution < 1.29 is 114 Å². The van der Waals surface area contributed by atoms with Crippen LogP contribution in [0.4, 0.5) is 52.2 Å². The minimum atomic E-state index is -4.69. The number of sulfonamides is 2. The number of carbonyl (C=O) groups excluding carboxylic acids is 3. The van der Waals surface area contributed by atoms with Gasteiger partial charge in [-0.05, 0) is 89.9 Å². The van der Waals surface area contributed by atoms with Gasteiger partial charge < -0.3 is 38.4 Å². The number of amides is 4. The third-order valence-electron chi connectivity index (χ3n) is 10.3. The number of aliphatic carboxylic acids is 1. The highest BCUT2D eigenvalue weighted by molar-refractivity contribution is 9.10. The summed E-state index contributed by atoms with van der Waals surface area (Å²) in [5.74, 6) is -3.48. The number of hydrogen-bond donors (Lipinski definition) is 7. The number of nitrogens with zero attached hydrogens (tertiary/aromatic N) is 8. The largest absolute Gasteiger partial charge is 0.778 e. The molecule has 45 heteroatoms. The SMILES string of the molecule is CC(C)OC(=O)c1cc(-c2nn(C)c(C(F)(F)F)c2Br)c(F)cc1Cl.CCS(=O)(=O)c1cccnc1S(=O)(=O)NC(=O)Nc1nc(OC)cc(OC)n1.COc1nc(C)nc(NC(=O)NS(=O)(=O)c2ccccc2CCC(F)(F)F)n1.C[S+](C)C.O=C(O)CNCP(=O)([O-])O. The zero-order chi connectivity index (χ0) is 72.8. The molecule has 6 aromatic rings. The monoisotopic (exact) mass is 1540 g/mol. The number of hydrogen-bond acceptors (Lipinski definition) is 24. The summed E-state index contributed by atoms with van der Waals surface area (Å²) in [5, 5.41) is 16.9. The Morgan fingerprint density at radius 2 is 1.36 bits per heavy atom. The number of benzene rings is 2. The van der Waals surface area contributed by atoms with Gasteiger partial charge in [0.25, 0.3) is 20.0 Å². The second kappa shape index (κ2) is 36.5. The van der Waals surface area contributed by atoms with E-state index >= 15 is 0 Å². The van der Waals surface area contributed by atoms with Crippen LogP contribution in [-0.2, 0) is 74.5 Å². The highest BCUT2D eigenvalue weighted by Gasteiger charge is 2.39. The Balaban J connectivity index is 0.000000440. The average Bonchev–Trinajstić information content (AvgIpc) is 1.73. The van der Waals surface area contributed by atoms with Gasteiger partial charge >= 0.3 is 42.4 Å². The lowest BCUT2D eigenvalue weighted by molar-refractivity contribution is -0.193. The Morgan fingerprint density at radius 1 is 0.821 bits per heavy atom. The summed E-state index contributed by atoms with van der Waals surface area (Å²) in [4.78, 5) is 85.6. The van der Waals surface area contributed by atoms with Crippen LogP contribution in [0.1, 0.15) is 54.6 Å². The number of carboxylic acid groups (broad SMARTS) is 1.